The van der Waals surface area contributed by atoms with Crippen LogP contribution in [0.1, 0.15) is 82.1 Å². The van der Waals surface area contributed by atoms with E-state index in [0.29, 0.717) is 6.42 Å². The van der Waals surface area contributed by atoms with Crippen molar-refractivity contribution in [2.75, 3.05) is 0 Å². The number of aliphatic hydroxyl groups excluding tert-OH is 2. The minimum atomic E-state index is -0.902. The fourth-order valence-corrected chi connectivity index (χ4v) is 6.48. The predicted octanol–water partition coefficient (Wildman–Crippen LogP) is 5.44. The highest BCUT2D eigenvalue weighted by atomic mass is 16.6. The number of carbonyl (C=O) groups excluding carboxylic acids is 4. The SMILES string of the molecule is C=C/C=C\C(C)C(OC(N)=O)[C@@H](C)[C@H](O)C(C)C/C(C)=C\C(C)[C@@H](O)[C@@H](C)/C=C\C(C[C@@H]1OC(=O)[C@H](C)[C@@H](OC(C)=O)[C@H]1C)OC(C)=O. The number of allylic oxidation sites excluding steroid dienone is 3. The number of hydrogen-bond acceptors (Lipinski definition) is 10. The van der Waals surface area contributed by atoms with Crippen LogP contribution in [0.3, 0.4) is 0 Å². The van der Waals surface area contributed by atoms with Gasteiger partial charge in [0.05, 0.1) is 18.1 Å². The van der Waals surface area contributed by atoms with Gasteiger partial charge in [-0.15, -0.1) is 0 Å². The van der Waals surface area contributed by atoms with Crippen molar-refractivity contribution in [3.05, 3.63) is 48.6 Å². The Hall–Kier alpha value is -3.44. The van der Waals surface area contributed by atoms with Crippen molar-refractivity contribution in [2.24, 2.45) is 47.2 Å². The summed E-state index contributed by atoms with van der Waals surface area (Å²) >= 11 is 0. The van der Waals surface area contributed by atoms with Gasteiger partial charge in [-0.05, 0) is 32.3 Å². The molecule has 0 spiro atoms. The number of amides is 1. The van der Waals surface area contributed by atoms with E-state index >= 15 is 0 Å². The summed E-state index contributed by atoms with van der Waals surface area (Å²) in [7, 11) is 0. The molecule has 48 heavy (non-hydrogen) atoms. The summed E-state index contributed by atoms with van der Waals surface area (Å²) in [4.78, 5) is 47.6. The summed E-state index contributed by atoms with van der Waals surface area (Å²) in [5.41, 5.74) is 6.30. The van der Waals surface area contributed by atoms with Crippen molar-refractivity contribution in [2.45, 2.75) is 119 Å². The van der Waals surface area contributed by atoms with E-state index in [1.54, 1.807) is 31.2 Å². The number of ether oxygens (including phenoxy) is 4. The lowest BCUT2D eigenvalue weighted by Crippen LogP contribution is -2.49. The molecule has 0 aromatic heterocycles. The second-order valence-electron chi connectivity index (χ2n) is 13.6. The lowest BCUT2D eigenvalue weighted by atomic mass is 9.81. The maximum atomic E-state index is 12.5. The molecule has 0 radical (unpaired) electrons. The van der Waals surface area contributed by atoms with E-state index in [9.17, 15) is 29.4 Å². The number of aliphatic hydroxyl groups is 2. The van der Waals surface area contributed by atoms with E-state index < -0.39 is 72.5 Å². The molecular weight excluding hydrogens is 618 g/mol. The van der Waals surface area contributed by atoms with E-state index in [4.69, 9.17) is 24.7 Å². The third kappa shape index (κ3) is 13.6. The molecule has 13 atom stereocenters. The number of rotatable bonds is 18. The van der Waals surface area contributed by atoms with Gasteiger partial charge < -0.3 is 34.9 Å². The number of primary amides is 1. The lowest BCUT2D eigenvalue weighted by molar-refractivity contribution is -0.189. The Balaban J connectivity index is 2.97. The number of hydrogen-bond donors (Lipinski definition) is 3. The van der Waals surface area contributed by atoms with Crippen molar-refractivity contribution in [3.8, 4) is 0 Å². The minimum Gasteiger partial charge on any atom is -0.461 e. The van der Waals surface area contributed by atoms with Crippen LogP contribution in [0.15, 0.2) is 48.6 Å². The molecule has 5 unspecified atom stereocenters. The largest absolute Gasteiger partial charge is 0.461 e. The first-order chi connectivity index (χ1) is 22.3. The molecule has 1 heterocycles. The van der Waals surface area contributed by atoms with Gasteiger partial charge in [0.25, 0.3) is 0 Å². The van der Waals surface area contributed by atoms with Crippen molar-refractivity contribution in [1.29, 1.82) is 0 Å². The molecule has 1 saturated heterocycles. The molecule has 1 amide bonds. The average Bonchev–Trinajstić information content (AvgIpc) is 3.00. The van der Waals surface area contributed by atoms with Crippen molar-refractivity contribution in [1.82, 2.24) is 0 Å². The van der Waals surface area contributed by atoms with Gasteiger partial charge in [-0.1, -0.05) is 84.1 Å². The average molecular weight is 678 g/mol. The fourth-order valence-electron chi connectivity index (χ4n) is 6.48. The van der Waals surface area contributed by atoms with Crippen LogP contribution in [0.4, 0.5) is 4.79 Å². The highest BCUT2D eigenvalue weighted by Crippen LogP contribution is 2.33. The zero-order valence-electron chi connectivity index (χ0n) is 30.3. The molecule has 0 bridgehead atoms. The van der Waals surface area contributed by atoms with Crippen LogP contribution in [0, 0.1) is 41.4 Å². The fraction of sp³-hybridized carbons (Fsp3) is 0.676. The van der Waals surface area contributed by atoms with Crippen LogP contribution in [0.5, 0.6) is 0 Å². The van der Waals surface area contributed by atoms with Crippen LogP contribution in [0.2, 0.25) is 0 Å². The predicted molar refractivity (Wildman–Crippen MR) is 183 cm³/mol. The Morgan fingerprint density at radius 1 is 0.917 bits per heavy atom. The van der Waals surface area contributed by atoms with Gasteiger partial charge in [-0.2, -0.15) is 0 Å². The first kappa shape index (κ1) is 42.6. The Bertz CT molecular complexity index is 1180. The van der Waals surface area contributed by atoms with Crippen molar-refractivity contribution < 1.29 is 48.3 Å². The molecule has 0 aliphatic carbocycles. The summed E-state index contributed by atoms with van der Waals surface area (Å²) in [5, 5.41) is 22.3. The normalized spacial score (nSPS) is 25.9. The van der Waals surface area contributed by atoms with E-state index in [2.05, 4.69) is 6.58 Å². The lowest BCUT2D eigenvalue weighted by Gasteiger charge is -2.39. The Labute approximate surface area is 286 Å². The molecule has 1 rings (SSSR count). The third-order valence-electron chi connectivity index (χ3n) is 9.18. The van der Waals surface area contributed by atoms with Crippen LogP contribution >= 0.6 is 0 Å². The van der Waals surface area contributed by atoms with Crippen molar-refractivity contribution >= 4 is 24.0 Å². The van der Waals surface area contributed by atoms with Crippen LogP contribution in [-0.2, 0) is 33.3 Å². The third-order valence-corrected chi connectivity index (χ3v) is 9.18. The Morgan fingerprint density at radius 2 is 1.54 bits per heavy atom. The molecule has 0 aromatic carbocycles. The second-order valence-corrected chi connectivity index (χ2v) is 13.6. The van der Waals surface area contributed by atoms with Crippen LogP contribution < -0.4 is 5.73 Å². The molecule has 11 nitrogen and oxygen atoms in total. The molecule has 1 fully saturated rings. The zero-order chi connectivity index (χ0) is 36.9. The first-order valence-corrected chi connectivity index (χ1v) is 16.8. The Morgan fingerprint density at radius 3 is 2.08 bits per heavy atom. The van der Waals surface area contributed by atoms with Gasteiger partial charge in [0.1, 0.15) is 24.4 Å². The summed E-state index contributed by atoms with van der Waals surface area (Å²) in [6, 6.07) is 0. The standard InChI is InChI=1S/C37H59NO10/c1-12-13-14-22(4)34(48-37(38)44)26(8)33(42)24(6)18-20(2)17-23(5)32(41)21(3)15-16-30(45-28(10)39)19-31-25(7)35(46-29(11)40)27(9)36(43)47-31/h12-17,21-27,30-35,41-42H,1,18-19H2,2-11H3,(H2,38,44)/b14-13-,16-15-,20-17-/t21-,22?,23?,24?,25-,26-,27+,30?,31-,32-,33+,34?,35-/m0/s1. The molecule has 0 saturated carbocycles. The van der Waals surface area contributed by atoms with Crippen molar-refractivity contribution in [3.63, 3.8) is 0 Å². The van der Waals surface area contributed by atoms with E-state index in [-0.39, 0.29) is 36.0 Å². The molecule has 0 aromatic rings. The van der Waals surface area contributed by atoms with Crippen LogP contribution in [-0.4, -0.2) is 70.8 Å². The maximum absolute atomic E-state index is 12.5. The minimum absolute atomic E-state index is 0.165. The maximum Gasteiger partial charge on any atom is 0.404 e. The van der Waals surface area contributed by atoms with Gasteiger partial charge in [0.2, 0.25) is 0 Å². The second kappa shape index (κ2) is 20.2. The molecule has 272 valence electrons. The van der Waals surface area contributed by atoms with Crippen LogP contribution in [0.25, 0.3) is 0 Å². The highest BCUT2D eigenvalue weighted by molar-refractivity contribution is 5.75. The molecule has 4 N–H and O–H groups in total. The molecular formula is C37H59NO10. The summed E-state index contributed by atoms with van der Waals surface area (Å²) in [6.45, 7) is 21.0. The zero-order valence-corrected chi connectivity index (χ0v) is 30.3. The van der Waals surface area contributed by atoms with Gasteiger partial charge in [-0.25, -0.2) is 4.79 Å². The van der Waals surface area contributed by atoms with Gasteiger partial charge >= 0.3 is 24.0 Å². The first-order valence-electron chi connectivity index (χ1n) is 16.8. The van der Waals surface area contributed by atoms with E-state index in [1.165, 1.54) is 13.8 Å². The number of cyclic esters (lactones) is 1. The molecule has 11 heteroatoms. The highest BCUT2D eigenvalue weighted by Gasteiger charge is 2.44. The number of esters is 3. The van der Waals surface area contributed by atoms with E-state index in [0.717, 1.165) is 5.57 Å². The smallest absolute Gasteiger partial charge is 0.404 e. The summed E-state index contributed by atoms with van der Waals surface area (Å²) < 4.78 is 21.9. The van der Waals surface area contributed by atoms with Gasteiger partial charge in [0, 0.05) is 49.9 Å². The monoisotopic (exact) mass is 677 g/mol. The van der Waals surface area contributed by atoms with Gasteiger partial charge in [0.15, 0.2) is 0 Å². The van der Waals surface area contributed by atoms with Gasteiger partial charge in [-0.3, -0.25) is 14.4 Å². The van der Waals surface area contributed by atoms with E-state index in [1.807, 2.05) is 60.6 Å². The summed E-state index contributed by atoms with van der Waals surface area (Å²) in [5.74, 6) is -3.80. The molecule has 1 aliphatic rings. The quantitative estimate of drug-likeness (QED) is 0.0734. The summed E-state index contributed by atoms with van der Waals surface area (Å²) in [6.07, 6.45) is 6.22. The number of nitrogens with two attached hydrogens (primary N) is 1. The Kier molecular flexibility index (Phi) is 17.9. The topological polar surface area (TPSA) is 172 Å². The molecule has 1 aliphatic heterocycles. The number of carbonyl (C=O) groups is 4.